The summed E-state index contributed by atoms with van der Waals surface area (Å²) < 4.78 is 5.26. The van der Waals surface area contributed by atoms with E-state index in [9.17, 15) is 4.79 Å². The highest BCUT2D eigenvalue weighted by Crippen LogP contribution is 2.31. The molecule has 126 valence electrons. The second kappa shape index (κ2) is 7.41. The molecular formula is C17H24ClN3O2. The van der Waals surface area contributed by atoms with Crippen molar-refractivity contribution < 1.29 is 9.53 Å². The van der Waals surface area contributed by atoms with Gasteiger partial charge in [-0.3, -0.25) is 4.79 Å². The van der Waals surface area contributed by atoms with E-state index in [1.54, 1.807) is 25.3 Å². The highest BCUT2D eigenvalue weighted by molar-refractivity contribution is 6.30. The summed E-state index contributed by atoms with van der Waals surface area (Å²) in [5.41, 5.74) is 0.732. The van der Waals surface area contributed by atoms with Gasteiger partial charge < -0.3 is 20.3 Å². The molecule has 1 aromatic carbocycles. The van der Waals surface area contributed by atoms with E-state index in [2.05, 4.69) is 15.5 Å². The molecule has 0 radical (unpaired) electrons. The van der Waals surface area contributed by atoms with E-state index in [0.717, 1.165) is 24.8 Å². The fourth-order valence-corrected chi connectivity index (χ4v) is 3.29. The van der Waals surface area contributed by atoms with Crippen molar-refractivity contribution in [3.05, 3.63) is 23.2 Å². The molecule has 1 heterocycles. The van der Waals surface area contributed by atoms with E-state index >= 15 is 0 Å². The third-order valence-corrected chi connectivity index (χ3v) is 4.80. The SMILES string of the molecule is COc1ccc(Cl)cc1NCC(=O)NCC1CCN(C2CC2)C1. The standard InChI is InChI=1S/C17H24ClN3O2/c1-23-16-5-2-13(18)8-15(16)19-10-17(22)20-9-12-6-7-21(11-12)14-3-4-14/h2,5,8,12,14,19H,3-4,6-7,9-11H2,1H3,(H,20,22). The molecule has 0 bridgehead atoms. The lowest BCUT2D eigenvalue weighted by Gasteiger charge is -2.15. The Kier molecular flexibility index (Phi) is 5.28. The van der Waals surface area contributed by atoms with Crippen LogP contribution in [0.25, 0.3) is 0 Å². The lowest BCUT2D eigenvalue weighted by molar-refractivity contribution is -0.119. The summed E-state index contributed by atoms with van der Waals surface area (Å²) in [6.45, 7) is 3.29. The minimum Gasteiger partial charge on any atom is -0.495 e. The van der Waals surface area contributed by atoms with E-state index < -0.39 is 0 Å². The number of nitrogens with zero attached hydrogens (tertiary/aromatic N) is 1. The molecule has 5 nitrogen and oxygen atoms in total. The number of carbonyl (C=O) groups is 1. The Morgan fingerprint density at radius 2 is 2.22 bits per heavy atom. The monoisotopic (exact) mass is 337 g/mol. The number of methoxy groups -OCH3 is 1. The Balaban J connectivity index is 1.40. The zero-order valence-corrected chi connectivity index (χ0v) is 14.2. The van der Waals surface area contributed by atoms with Gasteiger partial charge in [0.15, 0.2) is 0 Å². The first kappa shape index (κ1) is 16.4. The molecule has 1 aliphatic heterocycles. The number of rotatable bonds is 7. The topological polar surface area (TPSA) is 53.6 Å². The molecule has 2 aliphatic rings. The van der Waals surface area contributed by atoms with Crippen LogP contribution in [0.5, 0.6) is 5.75 Å². The first-order valence-electron chi connectivity index (χ1n) is 8.24. The van der Waals surface area contributed by atoms with Crippen LogP contribution in [0, 0.1) is 5.92 Å². The molecule has 1 saturated carbocycles. The third kappa shape index (κ3) is 4.52. The number of amides is 1. The Morgan fingerprint density at radius 3 is 2.96 bits per heavy atom. The molecule has 6 heteroatoms. The lowest BCUT2D eigenvalue weighted by Crippen LogP contribution is -2.35. The second-order valence-corrected chi connectivity index (χ2v) is 6.82. The van der Waals surface area contributed by atoms with Crippen LogP contribution in [0.1, 0.15) is 19.3 Å². The van der Waals surface area contributed by atoms with Crippen molar-refractivity contribution in [2.75, 3.05) is 38.6 Å². The van der Waals surface area contributed by atoms with Gasteiger partial charge in [-0.05, 0) is 49.9 Å². The highest BCUT2D eigenvalue weighted by Gasteiger charge is 2.34. The largest absolute Gasteiger partial charge is 0.495 e. The van der Waals surface area contributed by atoms with Crippen molar-refractivity contribution in [2.45, 2.75) is 25.3 Å². The maximum Gasteiger partial charge on any atom is 0.239 e. The number of anilines is 1. The van der Waals surface area contributed by atoms with Crippen molar-refractivity contribution in [1.29, 1.82) is 0 Å². The lowest BCUT2D eigenvalue weighted by atomic mass is 10.1. The average Bonchev–Trinajstić information content (AvgIpc) is 3.30. The van der Waals surface area contributed by atoms with E-state index in [0.29, 0.717) is 16.7 Å². The van der Waals surface area contributed by atoms with Gasteiger partial charge in [0.2, 0.25) is 5.91 Å². The van der Waals surface area contributed by atoms with Crippen molar-refractivity contribution >= 4 is 23.2 Å². The predicted molar refractivity (Wildman–Crippen MR) is 92.2 cm³/mol. The summed E-state index contributed by atoms with van der Waals surface area (Å²) in [5, 5.41) is 6.72. The first-order valence-corrected chi connectivity index (χ1v) is 8.61. The van der Waals surface area contributed by atoms with Gasteiger partial charge in [0, 0.05) is 24.2 Å². The number of halogens is 1. The molecular weight excluding hydrogens is 314 g/mol. The summed E-state index contributed by atoms with van der Waals surface area (Å²) >= 11 is 5.98. The van der Waals surface area contributed by atoms with Crippen molar-refractivity contribution in [2.24, 2.45) is 5.92 Å². The normalized spacial score (nSPS) is 21.2. The molecule has 1 saturated heterocycles. The molecule has 1 amide bonds. The number of hydrogen-bond donors (Lipinski definition) is 2. The van der Waals surface area contributed by atoms with Gasteiger partial charge in [-0.2, -0.15) is 0 Å². The highest BCUT2D eigenvalue weighted by atomic mass is 35.5. The zero-order valence-electron chi connectivity index (χ0n) is 13.5. The van der Waals surface area contributed by atoms with Gasteiger partial charge in [-0.25, -0.2) is 0 Å². The van der Waals surface area contributed by atoms with Crippen LogP contribution < -0.4 is 15.4 Å². The van der Waals surface area contributed by atoms with Crippen LogP contribution in [0.3, 0.4) is 0 Å². The van der Waals surface area contributed by atoms with Gasteiger partial charge >= 0.3 is 0 Å². The molecule has 1 unspecified atom stereocenters. The van der Waals surface area contributed by atoms with Crippen molar-refractivity contribution in [3.63, 3.8) is 0 Å². The minimum absolute atomic E-state index is 0.00287. The molecule has 3 rings (SSSR count). The number of hydrogen-bond acceptors (Lipinski definition) is 4. The summed E-state index contributed by atoms with van der Waals surface area (Å²) in [5.74, 6) is 1.26. The third-order valence-electron chi connectivity index (χ3n) is 4.57. The Morgan fingerprint density at radius 1 is 1.39 bits per heavy atom. The quantitative estimate of drug-likeness (QED) is 0.802. The van der Waals surface area contributed by atoms with Crippen molar-refractivity contribution in [3.8, 4) is 5.75 Å². The maximum absolute atomic E-state index is 12.0. The molecule has 0 aromatic heterocycles. The van der Waals surface area contributed by atoms with E-state index in [1.807, 2.05) is 0 Å². The summed E-state index contributed by atoms with van der Waals surface area (Å²) in [6.07, 6.45) is 3.89. The van der Waals surface area contributed by atoms with Crippen LogP contribution in [0.4, 0.5) is 5.69 Å². The zero-order chi connectivity index (χ0) is 16.2. The van der Waals surface area contributed by atoms with Gasteiger partial charge in [0.25, 0.3) is 0 Å². The van der Waals surface area contributed by atoms with Crippen LogP contribution >= 0.6 is 11.6 Å². The minimum atomic E-state index is -0.00287. The predicted octanol–water partition coefficient (Wildman–Crippen LogP) is 2.36. The van der Waals surface area contributed by atoms with E-state index in [1.165, 1.54) is 25.8 Å². The fraction of sp³-hybridized carbons (Fsp3) is 0.588. The number of benzene rings is 1. The van der Waals surface area contributed by atoms with Crippen LogP contribution in [-0.2, 0) is 4.79 Å². The van der Waals surface area contributed by atoms with Crippen LogP contribution in [-0.4, -0.2) is 50.1 Å². The molecule has 2 fully saturated rings. The molecule has 1 atom stereocenters. The number of likely N-dealkylation sites (tertiary alicyclic amines) is 1. The second-order valence-electron chi connectivity index (χ2n) is 6.38. The van der Waals surface area contributed by atoms with E-state index in [-0.39, 0.29) is 12.5 Å². The van der Waals surface area contributed by atoms with Crippen LogP contribution in [0.2, 0.25) is 5.02 Å². The summed E-state index contributed by atoms with van der Waals surface area (Å²) in [4.78, 5) is 14.6. The summed E-state index contributed by atoms with van der Waals surface area (Å²) in [6, 6.07) is 6.14. The Hall–Kier alpha value is -1.46. The van der Waals surface area contributed by atoms with E-state index in [4.69, 9.17) is 16.3 Å². The van der Waals surface area contributed by atoms with Gasteiger partial charge in [0.05, 0.1) is 19.3 Å². The maximum atomic E-state index is 12.0. The van der Waals surface area contributed by atoms with Gasteiger partial charge in [-0.1, -0.05) is 11.6 Å². The Bertz CT molecular complexity index is 563. The fourth-order valence-electron chi connectivity index (χ4n) is 3.12. The smallest absolute Gasteiger partial charge is 0.239 e. The number of ether oxygens (including phenoxy) is 1. The number of nitrogens with one attached hydrogen (secondary N) is 2. The molecule has 1 aliphatic carbocycles. The Labute approximate surface area is 142 Å². The molecule has 0 spiro atoms. The first-order chi connectivity index (χ1) is 11.2. The summed E-state index contributed by atoms with van der Waals surface area (Å²) in [7, 11) is 1.60. The van der Waals surface area contributed by atoms with Crippen LogP contribution in [0.15, 0.2) is 18.2 Å². The molecule has 23 heavy (non-hydrogen) atoms. The van der Waals surface area contributed by atoms with Crippen molar-refractivity contribution in [1.82, 2.24) is 10.2 Å². The number of carbonyl (C=O) groups excluding carboxylic acids is 1. The van der Waals surface area contributed by atoms with Gasteiger partial charge in [0.1, 0.15) is 5.75 Å². The van der Waals surface area contributed by atoms with Gasteiger partial charge in [-0.15, -0.1) is 0 Å². The average molecular weight is 338 g/mol. The molecule has 1 aromatic rings. The molecule has 2 N–H and O–H groups in total.